The second-order valence-electron chi connectivity index (χ2n) is 7.50. The van der Waals surface area contributed by atoms with Crippen molar-refractivity contribution in [3.8, 4) is 5.75 Å². The Balaban J connectivity index is 1.54. The molecule has 132 valence electrons. The number of benzene rings is 1. The van der Waals surface area contributed by atoms with Crippen LogP contribution in [-0.2, 0) is 4.79 Å². The Hall–Kier alpha value is -1.78. The monoisotopic (exact) mass is 335 g/mol. The van der Waals surface area contributed by atoms with Crippen molar-refractivity contribution in [2.24, 2.45) is 11.3 Å². The van der Waals surface area contributed by atoms with E-state index in [9.17, 15) is 14.3 Å². The molecule has 0 atom stereocenters. The molecule has 2 aliphatic rings. The van der Waals surface area contributed by atoms with Crippen molar-refractivity contribution < 1.29 is 19.4 Å². The third kappa shape index (κ3) is 3.82. The molecule has 1 aliphatic carbocycles. The molecular formula is C19H26FNO3. The van der Waals surface area contributed by atoms with Crippen molar-refractivity contribution >= 4 is 11.7 Å². The molecule has 1 saturated carbocycles. The minimum atomic E-state index is -0.697. The molecule has 0 bridgehead atoms. The Morgan fingerprint density at radius 2 is 1.88 bits per heavy atom. The van der Waals surface area contributed by atoms with E-state index >= 15 is 0 Å². The number of aromatic hydroxyl groups is 1. The topological polar surface area (TPSA) is 60.8 Å². The van der Waals surface area contributed by atoms with Gasteiger partial charge in [-0.3, -0.25) is 4.79 Å². The first-order chi connectivity index (χ1) is 11.5. The molecule has 4 nitrogen and oxygen atoms in total. The number of halogens is 1. The number of aliphatic carboxylic acids is 1. The van der Waals surface area contributed by atoms with Gasteiger partial charge < -0.3 is 15.1 Å². The summed E-state index contributed by atoms with van der Waals surface area (Å²) in [5.74, 6) is -0.322. The molecule has 1 spiro atoms. The van der Waals surface area contributed by atoms with Crippen LogP contribution in [-0.4, -0.2) is 29.3 Å². The van der Waals surface area contributed by atoms with Crippen molar-refractivity contribution in [3.63, 3.8) is 0 Å². The van der Waals surface area contributed by atoms with E-state index in [0.29, 0.717) is 17.0 Å². The number of hydrogen-bond donors (Lipinski definition) is 2. The summed E-state index contributed by atoms with van der Waals surface area (Å²) in [6.07, 6.45) is 7.73. The van der Waals surface area contributed by atoms with Crippen molar-refractivity contribution in [1.82, 2.24) is 0 Å². The molecule has 3 rings (SSSR count). The lowest BCUT2D eigenvalue weighted by molar-refractivity contribution is -0.137. The summed E-state index contributed by atoms with van der Waals surface area (Å²) in [6.45, 7) is 1.64. The molecule has 5 heteroatoms. The van der Waals surface area contributed by atoms with Crippen molar-refractivity contribution in [3.05, 3.63) is 24.0 Å². The average molecular weight is 335 g/mol. The van der Waals surface area contributed by atoms with Gasteiger partial charge in [-0.15, -0.1) is 0 Å². The van der Waals surface area contributed by atoms with Gasteiger partial charge in [-0.1, -0.05) is 0 Å². The summed E-state index contributed by atoms with van der Waals surface area (Å²) >= 11 is 0. The highest BCUT2D eigenvalue weighted by Crippen LogP contribution is 2.47. The van der Waals surface area contributed by atoms with Gasteiger partial charge >= 0.3 is 5.97 Å². The number of rotatable bonds is 4. The van der Waals surface area contributed by atoms with Crippen molar-refractivity contribution in [2.45, 2.75) is 51.4 Å². The third-order valence-electron chi connectivity index (χ3n) is 6.03. The maximum atomic E-state index is 14.0. The first-order valence-corrected chi connectivity index (χ1v) is 8.93. The van der Waals surface area contributed by atoms with Crippen LogP contribution in [0.1, 0.15) is 51.4 Å². The second-order valence-corrected chi connectivity index (χ2v) is 7.50. The molecule has 1 aromatic rings. The minimum absolute atomic E-state index is 0.102. The number of carbonyl (C=O) groups is 1. The van der Waals surface area contributed by atoms with Crippen LogP contribution in [0.15, 0.2) is 18.2 Å². The molecule has 0 unspecified atom stereocenters. The Bertz CT molecular complexity index is 586. The van der Waals surface area contributed by atoms with E-state index in [-0.39, 0.29) is 18.0 Å². The summed E-state index contributed by atoms with van der Waals surface area (Å²) in [6, 6.07) is 4.21. The number of hydrogen-bond acceptors (Lipinski definition) is 3. The lowest BCUT2D eigenvalue weighted by atomic mass is 9.65. The zero-order chi connectivity index (χ0) is 17.2. The smallest absolute Gasteiger partial charge is 0.303 e. The van der Waals surface area contributed by atoms with Crippen LogP contribution in [0.2, 0.25) is 0 Å². The molecule has 1 aliphatic heterocycles. The van der Waals surface area contributed by atoms with E-state index in [1.54, 1.807) is 0 Å². The molecule has 1 aromatic carbocycles. The number of nitrogens with zero attached hydrogens (tertiary/aromatic N) is 1. The van der Waals surface area contributed by atoms with Gasteiger partial charge in [0.2, 0.25) is 0 Å². The van der Waals surface area contributed by atoms with Gasteiger partial charge in [0.1, 0.15) is 11.6 Å². The predicted octanol–water partition coefficient (Wildman–Crippen LogP) is 4.17. The lowest BCUT2D eigenvalue weighted by Crippen LogP contribution is -2.42. The molecular weight excluding hydrogens is 309 g/mol. The fraction of sp³-hybridized carbons (Fsp3) is 0.632. The summed E-state index contributed by atoms with van der Waals surface area (Å²) in [5, 5.41) is 18.4. The first kappa shape index (κ1) is 17.1. The molecule has 0 radical (unpaired) electrons. The highest BCUT2D eigenvalue weighted by molar-refractivity contribution is 5.66. The van der Waals surface area contributed by atoms with Gasteiger partial charge in [0.05, 0.1) is 5.69 Å². The summed E-state index contributed by atoms with van der Waals surface area (Å²) in [4.78, 5) is 12.7. The van der Waals surface area contributed by atoms with Gasteiger partial charge in [-0.2, -0.15) is 0 Å². The van der Waals surface area contributed by atoms with Crippen LogP contribution in [0.4, 0.5) is 10.1 Å². The predicted molar refractivity (Wildman–Crippen MR) is 90.8 cm³/mol. The molecule has 1 saturated heterocycles. The minimum Gasteiger partial charge on any atom is -0.508 e. The maximum absolute atomic E-state index is 14.0. The second kappa shape index (κ2) is 6.99. The highest BCUT2D eigenvalue weighted by atomic mass is 19.1. The number of phenolic OH excluding ortho intramolecular Hbond substituents is 1. The van der Waals surface area contributed by atoms with Crippen LogP contribution in [0.5, 0.6) is 5.75 Å². The van der Waals surface area contributed by atoms with Crippen LogP contribution >= 0.6 is 0 Å². The lowest BCUT2D eigenvalue weighted by Gasteiger charge is -2.46. The quantitative estimate of drug-likeness (QED) is 0.867. The van der Waals surface area contributed by atoms with Crippen LogP contribution in [0, 0.1) is 17.2 Å². The van der Waals surface area contributed by atoms with E-state index in [4.69, 9.17) is 5.11 Å². The normalized spacial score (nSPS) is 21.1. The van der Waals surface area contributed by atoms with E-state index in [1.807, 2.05) is 4.90 Å². The van der Waals surface area contributed by atoms with Gasteiger partial charge in [-0.05, 0) is 68.4 Å². The maximum Gasteiger partial charge on any atom is 0.303 e. The van der Waals surface area contributed by atoms with E-state index in [1.165, 1.54) is 18.2 Å². The molecule has 2 N–H and O–H groups in total. The zero-order valence-corrected chi connectivity index (χ0v) is 14.0. The molecule has 0 aromatic heterocycles. The molecule has 0 amide bonds. The third-order valence-corrected chi connectivity index (χ3v) is 6.03. The molecule has 24 heavy (non-hydrogen) atoms. The van der Waals surface area contributed by atoms with Crippen molar-refractivity contribution in [2.75, 3.05) is 18.0 Å². The van der Waals surface area contributed by atoms with E-state index < -0.39 is 5.97 Å². The Morgan fingerprint density at radius 3 is 2.50 bits per heavy atom. The van der Waals surface area contributed by atoms with Gasteiger partial charge in [0.25, 0.3) is 0 Å². The Labute approximate surface area is 142 Å². The van der Waals surface area contributed by atoms with E-state index in [0.717, 1.165) is 58.0 Å². The number of piperidine rings is 1. The van der Waals surface area contributed by atoms with Gasteiger partial charge in [0.15, 0.2) is 0 Å². The molecule has 2 fully saturated rings. The number of carboxylic acid groups (broad SMARTS) is 1. The summed E-state index contributed by atoms with van der Waals surface area (Å²) in [5.41, 5.74) is 0.851. The van der Waals surface area contributed by atoms with E-state index in [2.05, 4.69) is 0 Å². The summed E-state index contributed by atoms with van der Waals surface area (Å²) in [7, 11) is 0. The number of anilines is 1. The molecule has 1 heterocycles. The van der Waals surface area contributed by atoms with Gasteiger partial charge in [-0.25, -0.2) is 4.39 Å². The zero-order valence-electron chi connectivity index (χ0n) is 14.0. The van der Waals surface area contributed by atoms with Crippen LogP contribution in [0.25, 0.3) is 0 Å². The SMILES string of the molecule is O=C(O)CCC1CCC2(CC1)CCN(c1cc(O)ccc1F)CC2. The standard InChI is InChI=1S/C19H26FNO3/c20-16-3-2-15(22)13-17(16)21-11-9-19(10-12-21)7-5-14(6-8-19)1-4-18(23)24/h2-3,13-14,22H,1,4-12H2,(H,23,24). The number of phenols is 1. The fourth-order valence-corrected chi connectivity index (χ4v) is 4.37. The van der Waals surface area contributed by atoms with Gasteiger partial charge in [0, 0.05) is 25.6 Å². The number of carboxylic acids is 1. The fourth-order valence-electron chi connectivity index (χ4n) is 4.37. The Kier molecular flexibility index (Phi) is 4.97. The summed E-state index contributed by atoms with van der Waals surface area (Å²) < 4.78 is 14.0. The highest BCUT2D eigenvalue weighted by Gasteiger charge is 2.38. The van der Waals surface area contributed by atoms with Crippen LogP contribution < -0.4 is 4.90 Å². The Morgan fingerprint density at radius 1 is 1.21 bits per heavy atom. The van der Waals surface area contributed by atoms with Crippen molar-refractivity contribution in [1.29, 1.82) is 0 Å². The average Bonchev–Trinajstić information content (AvgIpc) is 2.57. The van der Waals surface area contributed by atoms with Crippen LogP contribution in [0.3, 0.4) is 0 Å². The largest absolute Gasteiger partial charge is 0.508 e. The first-order valence-electron chi connectivity index (χ1n) is 8.93.